The number of benzene rings is 1. The van der Waals surface area contributed by atoms with Gasteiger partial charge >= 0.3 is 0 Å². The van der Waals surface area contributed by atoms with Crippen LogP contribution in [-0.4, -0.2) is 22.7 Å². The first-order chi connectivity index (χ1) is 8.76. The van der Waals surface area contributed by atoms with Gasteiger partial charge in [-0.15, -0.1) is 0 Å². The van der Waals surface area contributed by atoms with Crippen LogP contribution in [0.4, 0.5) is 4.39 Å². The summed E-state index contributed by atoms with van der Waals surface area (Å²) < 4.78 is 20.8. The van der Waals surface area contributed by atoms with E-state index in [-0.39, 0.29) is 11.6 Å². The van der Waals surface area contributed by atoms with Gasteiger partial charge in [0, 0.05) is 30.1 Å². The zero-order valence-corrected chi connectivity index (χ0v) is 10.3. The fourth-order valence-electron chi connectivity index (χ4n) is 1.80. The van der Waals surface area contributed by atoms with Crippen molar-refractivity contribution in [3.63, 3.8) is 0 Å². The van der Waals surface area contributed by atoms with Gasteiger partial charge in [-0.25, -0.2) is 9.37 Å². The summed E-state index contributed by atoms with van der Waals surface area (Å²) in [5.74, 6) is -0.108. The van der Waals surface area contributed by atoms with Crippen molar-refractivity contribution >= 4 is 0 Å². The van der Waals surface area contributed by atoms with Crippen LogP contribution in [0.2, 0.25) is 0 Å². The van der Waals surface area contributed by atoms with Crippen LogP contribution >= 0.6 is 0 Å². The van der Waals surface area contributed by atoms with Crippen molar-refractivity contribution in [2.24, 2.45) is 5.73 Å². The zero-order chi connectivity index (χ0) is 13.0. The monoisotopic (exact) mass is 249 g/mol. The predicted octanol–water partition coefficient (Wildman–Crippen LogP) is 1.91. The van der Waals surface area contributed by atoms with Gasteiger partial charge in [-0.1, -0.05) is 0 Å². The van der Waals surface area contributed by atoms with Crippen LogP contribution in [0.1, 0.15) is 12.6 Å². The molecule has 5 heteroatoms. The highest BCUT2D eigenvalue weighted by Crippen LogP contribution is 2.21. The summed E-state index contributed by atoms with van der Waals surface area (Å²) in [7, 11) is 0. The Labute approximate surface area is 105 Å². The smallest absolute Gasteiger partial charge is 0.167 e. The van der Waals surface area contributed by atoms with Crippen LogP contribution < -0.4 is 10.5 Å². The van der Waals surface area contributed by atoms with E-state index in [0.717, 1.165) is 11.4 Å². The summed E-state index contributed by atoms with van der Waals surface area (Å²) in [5, 5.41) is 0. The third-order valence-electron chi connectivity index (χ3n) is 2.61. The Morgan fingerprint density at radius 2 is 2.28 bits per heavy atom. The molecule has 0 atom stereocenters. The maximum absolute atomic E-state index is 13.8. The fourth-order valence-corrected chi connectivity index (χ4v) is 1.80. The second kappa shape index (κ2) is 5.64. The molecule has 0 radical (unpaired) electrons. The minimum Gasteiger partial charge on any atom is -0.491 e. The highest BCUT2D eigenvalue weighted by molar-refractivity contribution is 5.40. The van der Waals surface area contributed by atoms with Gasteiger partial charge in [0.05, 0.1) is 12.9 Å². The van der Waals surface area contributed by atoms with Crippen LogP contribution in [0.5, 0.6) is 5.75 Å². The highest BCUT2D eigenvalue weighted by Gasteiger charge is 2.08. The molecule has 1 aromatic carbocycles. The number of rotatable bonds is 5. The number of nitrogens with zero attached hydrogens (tertiary/aromatic N) is 2. The number of imidazole rings is 1. The summed E-state index contributed by atoms with van der Waals surface area (Å²) in [6.07, 6.45) is 4.09. The van der Waals surface area contributed by atoms with E-state index in [2.05, 4.69) is 4.98 Å². The van der Waals surface area contributed by atoms with E-state index in [1.807, 2.05) is 11.5 Å². The number of hydrogen-bond donors (Lipinski definition) is 1. The predicted molar refractivity (Wildman–Crippen MR) is 67.4 cm³/mol. The Hall–Kier alpha value is -1.88. The summed E-state index contributed by atoms with van der Waals surface area (Å²) in [6.45, 7) is 2.80. The van der Waals surface area contributed by atoms with Gasteiger partial charge in [0.15, 0.2) is 11.6 Å². The quantitative estimate of drug-likeness (QED) is 0.880. The maximum atomic E-state index is 13.8. The Morgan fingerprint density at radius 3 is 2.94 bits per heavy atom. The minimum atomic E-state index is -0.373. The van der Waals surface area contributed by atoms with E-state index in [9.17, 15) is 4.39 Å². The second-order valence-corrected chi connectivity index (χ2v) is 3.84. The third-order valence-corrected chi connectivity index (χ3v) is 2.61. The van der Waals surface area contributed by atoms with Gasteiger partial charge in [0.1, 0.15) is 0 Å². The average Bonchev–Trinajstić information content (AvgIpc) is 2.81. The molecule has 1 heterocycles. The van der Waals surface area contributed by atoms with Crippen LogP contribution in [0.3, 0.4) is 0 Å². The molecular weight excluding hydrogens is 233 g/mol. The van der Waals surface area contributed by atoms with Gasteiger partial charge in [-0.3, -0.25) is 0 Å². The van der Waals surface area contributed by atoms with Crippen LogP contribution in [0, 0.1) is 5.82 Å². The van der Waals surface area contributed by atoms with E-state index in [1.165, 1.54) is 6.07 Å². The van der Waals surface area contributed by atoms with E-state index in [4.69, 9.17) is 10.5 Å². The van der Waals surface area contributed by atoms with E-state index in [0.29, 0.717) is 19.6 Å². The molecule has 0 fully saturated rings. The van der Waals surface area contributed by atoms with E-state index < -0.39 is 0 Å². The van der Waals surface area contributed by atoms with Crippen molar-refractivity contribution in [1.29, 1.82) is 0 Å². The molecule has 4 nitrogen and oxygen atoms in total. The molecule has 0 aliphatic carbocycles. The fraction of sp³-hybridized carbons (Fsp3) is 0.308. The maximum Gasteiger partial charge on any atom is 0.167 e. The molecular formula is C13H16FN3O. The Morgan fingerprint density at radius 1 is 1.44 bits per heavy atom. The molecule has 18 heavy (non-hydrogen) atoms. The normalized spacial score (nSPS) is 10.6. The van der Waals surface area contributed by atoms with Crippen molar-refractivity contribution in [1.82, 2.24) is 9.55 Å². The molecule has 0 aliphatic rings. The Kier molecular flexibility index (Phi) is 3.94. The number of aromatic nitrogens is 2. The topological polar surface area (TPSA) is 53.1 Å². The minimum absolute atomic E-state index is 0.266. The van der Waals surface area contributed by atoms with Crippen LogP contribution in [-0.2, 0) is 6.42 Å². The molecule has 2 aromatic rings. The summed E-state index contributed by atoms with van der Waals surface area (Å²) in [4.78, 5) is 4.06. The molecule has 1 aromatic heterocycles. The molecule has 0 unspecified atom stereocenters. The van der Waals surface area contributed by atoms with Gasteiger partial charge in [0.2, 0.25) is 0 Å². The standard InChI is InChI=1S/C13H16FN3O/c1-2-18-13-4-3-10(7-12(13)14)17-9-16-8-11(17)5-6-15/h3-4,7-9H,2,5-6,15H2,1H3. The SMILES string of the molecule is CCOc1ccc(-n2cncc2CCN)cc1F. The second-order valence-electron chi connectivity index (χ2n) is 3.84. The van der Waals surface area contributed by atoms with Crippen molar-refractivity contribution in [3.05, 3.63) is 42.2 Å². The molecule has 0 bridgehead atoms. The molecule has 96 valence electrons. The van der Waals surface area contributed by atoms with Gasteiger partial charge < -0.3 is 15.0 Å². The summed E-state index contributed by atoms with van der Waals surface area (Å²) in [6, 6.07) is 4.86. The van der Waals surface area contributed by atoms with Crippen molar-refractivity contribution in [2.45, 2.75) is 13.3 Å². The lowest BCUT2D eigenvalue weighted by Crippen LogP contribution is -2.07. The van der Waals surface area contributed by atoms with Gasteiger partial charge in [0.25, 0.3) is 0 Å². The largest absolute Gasteiger partial charge is 0.491 e. The lowest BCUT2D eigenvalue weighted by Gasteiger charge is -2.10. The van der Waals surface area contributed by atoms with Crippen molar-refractivity contribution < 1.29 is 9.13 Å². The molecule has 0 saturated carbocycles. The molecule has 0 spiro atoms. The molecule has 2 rings (SSSR count). The Balaban J connectivity index is 2.33. The molecule has 0 aliphatic heterocycles. The van der Waals surface area contributed by atoms with Gasteiger partial charge in [-0.2, -0.15) is 0 Å². The third kappa shape index (κ3) is 2.51. The van der Waals surface area contributed by atoms with E-state index >= 15 is 0 Å². The number of halogens is 1. The first-order valence-electron chi connectivity index (χ1n) is 5.90. The summed E-state index contributed by atoms with van der Waals surface area (Å²) >= 11 is 0. The first-order valence-corrected chi connectivity index (χ1v) is 5.90. The number of ether oxygens (including phenoxy) is 1. The number of nitrogens with two attached hydrogens (primary N) is 1. The first kappa shape index (κ1) is 12.6. The van der Waals surface area contributed by atoms with Crippen molar-refractivity contribution in [3.8, 4) is 11.4 Å². The lowest BCUT2D eigenvalue weighted by atomic mass is 10.2. The van der Waals surface area contributed by atoms with Gasteiger partial charge in [-0.05, 0) is 25.6 Å². The summed E-state index contributed by atoms with van der Waals surface area (Å²) in [5.41, 5.74) is 7.20. The lowest BCUT2D eigenvalue weighted by molar-refractivity contribution is 0.321. The average molecular weight is 249 g/mol. The van der Waals surface area contributed by atoms with Crippen molar-refractivity contribution in [2.75, 3.05) is 13.2 Å². The zero-order valence-electron chi connectivity index (χ0n) is 10.3. The highest BCUT2D eigenvalue weighted by atomic mass is 19.1. The van der Waals surface area contributed by atoms with E-state index in [1.54, 1.807) is 24.7 Å². The van der Waals surface area contributed by atoms with Crippen LogP contribution in [0.15, 0.2) is 30.7 Å². The molecule has 0 saturated heterocycles. The van der Waals surface area contributed by atoms with Crippen LogP contribution in [0.25, 0.3) is 5.69 Å². The molecule has 2 N–H and O–H groups in total. The Bertz CT molecular complexity index is 525. The number of hydrogen-bond acceptors (Lipinski definition) is 3. The molecule has 0 amide bonds.